The number of hydrogen-bond donors (Lipinski definition) is 1. The van der Waals surface area contributed by atoms with Crippen molar-refractivity contribution >= 4 is 36.2 Å². The molecular weight excluding hydrogens is 383 g/mol. The molecule has 2 heterocycles. The summed E-state index contributed by atoms with van der Waals surface area (Å²) in [4.78, 5) is 4.04. The molecule has 1 saturated heterocycles. The second-order valence-corrected chi connectivity index (χ2v) is 7.17. The Morgan fingerprint density at radius 3 is 2.23 bits per heavy atom. The normalized spacial score (nSPS) is 15.5. The van der Waals surface area contributed by atoms with Crippen LogP contribution < -0.4 is 5.32 Å². The summed E-state index contributed by atoms with van der Waals surface area (Å²) in [6, 6.07) is 24.5. The zero-order valence-corrected chi connectivity index (χ0v) is 17.0. The highest BCUT2D eigenvalue weighted by molar-refractivity contribution is 7.10. The molecule has 2 nitrogen and oxygen atoms in total. The minimum absolute atomic E-state index is 0. The van der Waals surface area contributed by atoms with Gasteiger partial charge in [-0.3, -0.25) is 4.90 Å². The van der Waals surface area contributed by atoms with Crippen molar-refractivity contribution in [1.82, 2.24) is 10.2 Å². The van der Waals surface area contributed by atoms with Gasteiger partial charge in [0.05, 0.1) is 6.04 Å². The molecule has 0 unspecified atom stereocenters. The number of nitrogens with one attached hydrogen (secondary N) is 1. The van der Waals surface area contributed by atoms with Crippen LogP contribution in [0.5, 0.6) is 0 Å². The summed E-state index contributed by atoms with van der Waals surface area (Å²) in [5.41, 5.74) is 3.97. The monoisotopic (exact) mass is 406 g/mol. The third kappa shape index (κ3) is 4.67. The highest BCUT2D eigenvalue weighted by Crippen LogP contribution is 2.34. The Labute approximate surface area is 172 Å². The number of thiophene rings is 1. The van der Waals surface area contributed by atoms with Gasteiger partial charge >= 0.3 is 0 Å². The molecule has 138 valence electrons. The number of piperazine rings is 1. The predicted molar refractivity (Wildman–Crippen MR) is 117 cm³/mol. The van der Waals surface area contributed by atoms with E-state index in [0.717, 1.165) is 26.2 Å². The van der Waals surface area contributed by atoms with Crippen LogP contribution >= 0.6 is 36.2 Å². The Morgan fingerprint density at radius 1 is 0.808 bits per heavy atom. The smallest absolute Gasteiger partial charge is 0.0697 e. The summed E-state index contributed by atoms with van der Waals surface area (Å²) in [7, 11) is 0. The summed E-state index contributed by atoms with van der Waals surface area (Å²) < 4.78 is 0. The second-order valence-electron chi connectivity index (χ2n) is 6.20. The zero-order chi connectivity index (χ0) is 16.2. The molecule has 26 heavy (non-hydrogen) atoms. The van der Waals surface area contributed by atoms with Gasteiger partial charge in [0.2, 0.25) is 0 Å². The van der Waals surface area contributed by atoms with Crippen LogP contribution in [0.2, 0.25) is 0 Å². The SMILES string of the molecule is Cl.Cl.c1ccc(-c2cccc([C@H](c3cccs3)N3CCNCC3)c2)cc1. The molecule has 0 spiro atoms. The highest BCUT2D eigenvalue weighted by atomic mass is 35.5. The fourth-order valence-electron chi connectivity index (χ4n) is 3.46. The molecule has 4 rings (SSSR count). The Bertz CT molecular complexity index is 772. The van der Waals surface area contributed by atoms with Gasteiger partial charge in [0.15, 0.2) is 0 Å². The maximum atomic E-state index is 3.47. The van der Waals surface area contributed by atoms with Gasteiger partial charge in [0.25, 0.3) is 0 Å². The van der Waals surface area contributed by atoms with Crippen LogP contribution in [0.4, 0.5) is 0 Å². The molecule has 0 radical (unpaired) electrons. The van der Waals surface area contributed by atoms with Gasteiger partial charge in [-0.15, -0.1) is 36.2 Å². The predicted octanol–water partition coefficient (Wildman–Crippen LogP) is 5.25. The molecule has 0 aliphatic carbocycles. The van der Waals surface area contributed by atoms with E-state index >= 15 is 0 Å². The molecule has 0 saturated carbocycles. The van der Waals surface area contributed by atoms with Crippen molar-refractivity contribution in [2.75, 3.05) is 26.2 Å². The second kappa shape index (κ2) is 10.1. The molecule has 1 fully saturated rings. The van der Waals surface area contributed by atoms with E-state index in [1.165, 1.54) is 21.6 Å². The van der Waals surface area contributed by atoms with Crippen molar-refractivity contribution < 1.29 is 0 Å². The lowest BCUT2D eigenvalue weighted by Gasteiger charge is -2.35. The van der Waals surface area contributed by atoms with Crippen LogP contribution in [0.15, 0.2) is 72.1 Å². The van der Waals surface area contributed by atoms with Gasteiger partial charge in [-0.1, -0.05) is 54.6 Å². The molecule has 0 bridgehead atoms. The lowest BCUT2D eigenvalue weighted by Crippen LogP contribution is -2.45. The van der Waals surface area contributed by atoms with E-state index in [0.29, 0.717) is 6.04 Å². The van der Waals surface area contributed by atoms with Crippen molar-refractivity contribution in [3.8, 4) is 11.1 Å². The van der Waals surface area contributed by atoms with Gasteiger partial charge in [0.1, 0.15) is 0 Å². The van der Waals surface area contributed by atoms with Crippen molar-refractivity contribution in [2.24, 2.45) is 0 Å². The first-order valence-electron chi connectivity index (χ1n) is 8.55. The van der Waals surface area contributed by atoms with E-state index in [4.69, 9.17) is 0 Å². The average molecular weight is 407 g/mol. The minimum atomic E-state index is 0. The third-order valence-electron chi connectivity index (χ3n) is 4.64. The summed E-state index contributed by atoms with van der Waals surface area (Å²) in [6.45, 7) is 4.33. The standard InChI is InChI=1S/C21H22N2S.2ClH/c1-2-6-17(7-3-1)18-8-4-9-19(16-18)21(20-10-5-15-24-20)23-13-11-22-12-14-23;;/h1-10,15-16,21-22H,11-14H2;2*1H/t21-;;/m1../s1. The molecule has 1 N–H and O–H groups in total. The molecule has 0 amide bonds. The first-order chi connectivity index (χ1) is 11.9. The molecule has 3 aromatic rings. The summed E-state index contributed by atoms with van der Waals surface area (Å²) in [5.74, 6) is 0. The third-order valence-corrected chi connectivity index (χ3v) is 5.56. The Hall–Kier alpha value is -1.36. The van der Waals surface area contributed by atoms with Gasteiger partial charge < -0.3 is 5.32 Å². The zero-order valence-electron chi connectivity index (χ0n) is 14.5. The maximum Gasteiger partial charge on any atom is 0.0697 e. The fraction of sp³-hybridized carbons (Fsp3) is 0.238. The number of hydrogen-bond acceptors (Lipinski definition) is 3. The summed E-state index contributed by atoms with van der Waals surface area (Å²) in [5, 5.41) is 5.65. The highest BCUT2D eigenvalue weighted by Gasteiger charge is 2.24. The van der Waals surface area contributed by atoms with E-state index in [1.807, 2.05) is 11.3 Å². The van der Waals surface area contributed by atoms with Crippen LogP contribution in [0.1, 0.15) is 16.5 Å². The number of rotatable bonds is 4. The number of benzene rings is 2. The topological polar surface area (TPSA) is 15.3 Å². The molecule has 1 aliphatic heterocycles. The molecule has 5 heteroatoms. The van der Waals surface area contributed by atoms with E-state index in [9.17, 15) is 0 Å². The first-order valence-corrected chi connectivity index (χ1v) is 9.43. The fourth-order valence-corrected chi connectivity index (χ4v) is 4.35. The first kappa shape index (κ1) is 20.9. The molecule has 1 aromatic heterocycles. The van der Waals surface area contributed by atoms with Crippen molar-refractivity contribution in [3.63, 3.8) is 0 Å². The van der Waals surface area contributed by atoms with Crippen molar-refractivity contribution in [1.29, 1.82) is 0 Å². The van der Waals surface area contributed by atoms with Crippen LogP contribution in [-0.2, 0) is 0 Å². The van der Waals surface area contributed by atoms with Gasteiger partial charge in [-0.2, -0.15) is 0 Å². The molecule has 2 aromatic carbocycles. The summed E-state index contributed by atoms with van der Waals surface area (Å²) in [6.07, 6.45) is 0. The molecule has 1 atom stereocenters. The molecular formula is C21H24Cl2N2S. The number of halogens is 2. The van der Waals surface area contributed by atoms with Crippen LogP contribution in [0.25, 0.3) is 11.1 Å². The Morgan fingerprint density at radius 2 is 1.54 bits per heavy atom. The minimum Gasteiger partial charge on any atom is -0.314 e. The van der Waals surface area contributed by atoms with Crippen molar-refractivity contribution in [3.05, 3.63) is 82.6 Å². The van der Waals surface area contributed by atoms with E-state index in [1.54, 1.807) is 0 Å². The Kier molecular flexibility index (Phi) is 8.14. The van der Waals surface area contributed by atoms with Crippen LogP contribution in [0, 0.1) is 0 Å². The van der Waals surface area contributed by atoms with Gasteiger partial charge in [-0.05, 0) is 34.2 Å². The van der Waals surface area contributed by atoms with E-state index in [2.05, 4.69) is 82.3 Å². The van der Waals surface area contributed by atoms with Crippen LogP contribution in [0.3, 0.4) is 0 Å². The lowest BCUT2D eigenvalue weighted by atomic mass is 9.97. The van der Waals surface area contributed by atoms with Gasteiger partial charge in [0, 0.05) is 31.1 Å². The van der Waals surface area contributed by atoms with Crippen LogP contribution in [-0.4, -0.2) is 31.1 Å². The lowest BCUT2D eigenvalue weighted by molar-refractivity contribution is 0.200. The van der Waals surface area contributed by atoms with E-state index < -0.39 is 0 Å². The van der Waals surface area contributed by atoms with Gasteiger partial charge in [-0.25, -0.2) is 0 Å². The average Bonchev–Trinajstić information content (AvgIpc) is 3.18. The quantitative estimate of drug-likeness (QED) is 0.635. The Balaban J connectivity index is 0.00000121. The largest absolute Gasteiger partial charge is 0.314 e. The maximum absolute atomic E-state index is 3.47. The molecule has 1 aliphatic rings. The summed E-state index contributed by atoms with van der Waals surface area (Å²) >= 11 is 1.86. The van der Waals surface area contributed by atoms with Crippen molar-refractivity contribution in [2.45, 2.75) is 6.04 Å². The number of nitrogens with zero attached hydrogens (tertiary/aromatic N) is 1. The van der Waals surface area contributed by atoms with E-state index in [-0.39, 0.29) is 24.8 Å².